The third-order valence-electron chi connectivity index (χ3n) is 4.96. The van der Waals surface area contributed by atoms with E-state index in [0.717, 1.165) is 31.0 Å². The predicted octanol–water partition coefficient (Wildman–Crippen LogP) is 2.72. The Labute approximate surface area is 120 Å². The van der Waals surface area contributed by atoms with Crippen LogP contribution >= 0.6 is 0 Å². The second-order valence-electron chi connectivity index (χ2n) is 6.12. The van der Waals surface area contributed by atoms with Gasteiger partial charge in [0.2, 0.25) is 11.7 Å². The highest BCUT2D eigenvalue weighted by Gasteiger charge is 2.42. The summed E-state index contributed by atoms with van der Waals surface area (Å²) >= 11 is 0. The molecule has 0 aliphatic heterocycles. The first-order valence-electron chi connectivity index (χ1n) is 7.97. The van der Waals surface area contributed by atoms with Crippen molar-refractivity contribution >= 4 is 0 Å². The van der Waals surface area contributed by atoms with E-state index < -0.39 is 0 Å². The first kappa shape index (κ1) is 14.0. The van der Waals surface area contributed by atoms with Crippen molar-refractivity contribution in [1.82, 2.24) is 10.1 Å². The van der Waals surface area contributed by atoms with Gasteiger partial charge in [-0.05, 0) is 57.9 Å². The van der Waals surface area contributed by atoms with Crippen LogP contribution in [-0.4, -0.2) is 23.3 Å². The molecule has 3 rings (SSSR count). The summed E-state index contributed by atoms with van der Waals surface area (Å²) in [5, 5.41) is 4.25. The van der Waals surface area contributed by atoms with Gasteiger partial charge in [0.15, 0.2) is 0 Å². The van der Waals surface area contributed by atoms with Crippen molar-refractivity contribution in [3.8, 4) is 0 Å². The average molecular weight is 279 g/mol. The molecule has 2 N–H and O–H groups in total. The average Bonchev–Trinajstić information content (AvgIpc) is 3.18. The highest BCUT2D eigenvalue weighted by molar-refractivity contribution is 5.08. The smallest absolute Gasteiger partial charge is 0.230 e. The summed E-state index contributed by atoms with van der Waals surface area (Å²) < 4.78 is 11.6. The quantitative estimate of drug-likeness (QED) is 0.897. The molecule has 1 heterocycles. The number of hydrogen-bond donors (Lipinski definition) is 1. The van der Waals surface area contributed by atoms with Crippen molar-refractivity contribution in [1.29, 1.82) is 0 Å². The minimum atomic E-state index is -0.298. The van der Waals surface area contributed by atoms with Crippen LogP contribution in [0.4, 0.5) is 0 Å². The van der Waals surface area contributed by atoms with Gasteiger partial charge in [0, 0.05) is 12.5 Å². The molecule has 0 saturated heterocycles. The molecule has 2 atom stereocenters. The maximum absolute atomic E-state index is 6.00. The van der Waals surface area contributed by atoms with Crippen molar-refractivity contribution in [3.63, 3.8) is 0 Å². The monoisotopic (exact) mass is 279 g/mol. The largest absolute Gasteiger partial charge is 0.367 e. The number of rotatable bonds is 5. The van der Waals surface area contributed by atoms with Gasteiger partial charge in [-0.2, -0.15) is 4.98 Å². The van der Waals surface area contributed by atoms with Gasteiger partial charge >= 0.3 is 0 Å². The molecule has 0 amide bonds. The Hall–Kier alpha value is -0.940. The number of nitrogens with two attached hydrogens (primary N) is 1. The van der Waals surface area contributed by atoms with E-state index in [4.69, 9.17) is 20.0 Å². The van der Waals surface area contributed by atoms with Crippen molar-refractivity contribution in [2.24, 2.45) is 11.7 Å². The molecule has 0 aromatic carbocycles. The van der Waals surface area contributed by atoms with E-state index in [1.165, 1.54) is 25.7 Å². The Balaban J connectivity index is 1.82. The summed E-state index contributed by atoms with van der Waals surface area (Å²) in [6, 6.07) is 0. The van der Waals surface area contributed by atoms with E-state index in [9.17, 15) is 0 Å². The Bertz CT molecular complexity index is 440. The van der Waals surface area contributed by atoms with Crippen LogP contribution in [0.15, 0.2) is 4.52 Å². The van der Waals surface area contributed by atoms with Crippen LogP contribution < -0.4 is 5.73 Å². The number of aromatic nitrogens is 2. The minimum Gasteiger partial charge on any atom is -0.367 e. The van der Waals surface area contributed by atoms with Crippen LogP contribution in [-0.2, 0) is 10.3 Å². The molecule has 1 aromatic rings. The van der Waals surface area contributed by atoms with Crippen molar-refractivity contribution in [2.45, 2.75) is 63.4 Å². The van der Waals surface area contributed by atoms with Gasteiger partial charge in [0.25, 0.3) is 0 Å². The van der Waals surface area contributed by atoms with Crippen LogP contribution in [0.25, 0.3) is 0 Å². The molecule has 5 heteroatoms. The molecule has 20 heavy (non-hydrogen) atoms. The molecule has 0 bridgehead atoms. The molecular weight excluding hydrogens is 254 g/mol. The summed E-state index contributed by atoms with van der Waals surface area (Å²) in [5.74, 6) is 2.38. The third-order valence-corrected chi connectivity index (χ3v) is 4.96. The number of nitrogens with zero attached hydrogens (tertiary/aromatic N) is 2. The van der Waals surface area contributed by atoms with Crippen LogP contribution in [0.2, 0.25) is 0 Å². The first-order valence-corrected chi connectivity index (χ1v) is 7.97. The maximum atomic E-state index is 6.00. The zero-order chi connectivity index (χ0) is 14.0. The molecule has 0 spiro atoms. The van der Waals surface area contributed by atoms with Crippen molar-refractivity contribution in [3.05, 3.63) is 11.7 Å². The van der Waals surface area contributed by atoms with Gasteiger partial charge in [-0.1, -0.05) is 11.6 Å². The molecule has 112 valence electrons. The first-order chi connectivity index (χ1) is 9.79. The molecule has 2 saturated carbocycles. The Morgan fingerprint density at radius 1 is 1.30 bits per heavy atom. The Morgan fingerprint density at radius 3 is 2.80 bits per heavy atom. The molecule has 2 aliphatic carbocycles. The SMILES string of the molecule is CCOC1(c2noc(C3CCCC3CN)n2)CCCC1. The van der Waals surface area contributed by atoms with E-state index >= 15 is 0 Å². The van der Waals surface area contributed by atoms with Crippen molar-refractivity contribution < 1.29 is 9.26 Å². The molecule has 2 unspecified atom stereocenters. The Morgan fingerprint density at radius 2 is 2.10 bits per heavy atom. The van der Waals surface area contributed by atoms with Gasteiger partial charge in [-0.15, -0.1) is 0 Å². The van der Waals surface area contributed by atoms with Crippen LogP contribution in [0, 0.1) is 5.92 Å². The summed E-state index contributed by atoms with van der Waals surface area (Å²) in [7, 11) is 0. The van der Waals surface area contributed by atoms with Gasteiger partial charge in [0.05, 0.1) is 0 Å². The molecule has 2 aliphatic rings. The zero-order valence-corrected chi connectivity index (χ0v) is 12.3. The van der Waals surface area contributed by atoms with Crippen molar-refractivity contribution in [2.75, 3.05) is 13.2 Å². The second-order valence-corrected chi connectivity index (χ2v) is 6.12. The summed E-state index contributed by atoms with van der Waals surface area (Å²) in [6.07, 6.45) is 7.87. The lowest BCUT2D eigenvalue weighted by Gasteiger charge is -2.24. The lowest BCUT2D eigenvalue weighted by Crippen LogP contribution is -2.28. The summed E-state index contributed by atoms with van der Waals surface area (Å²) in [4.78, 5) is 4.70. The predicted molar refractivity (Wildman–Crippen MR) is 75.2 cm³/mol. The topological polar surface area (TPSA) is 74.2 Å². The van der Waals surface area contributed by atoms with Crippen LogP contribution in [0.1, 0.15) is 69.5 Å². The maximum Gasteiger partial charge on any atom is 0.230 e. The van der Waals surface area contributed by atoms with Crippen LogP contribution in [0.5, 0.6) is 0 Å². The number of hydrogen-bond acceptors (Lipinski definition) is 5. The highest BCUT2D eigenvalue weighted by atomic mass is 16.5. The highest BCUT2D eigenvalue weighted by Crippen LogP contribution is 2.43. The second kappa shape index (κ2) is 5.82. The van der Waals surface area contributed by atoms with E-state index in [1.807, 2.05) is 6.92 Å². The molecular formula is C15H25N3O2. The van der Waals surface area contributed by atoms with Gasteiger partial charge in [-0.3, -0.25) is 0 Å². The van der Waals surface area contributed by atoms with E-state index in [-0.39, 0.29) is 5.60 Å². The molecule has 2 fully saturated rings. The molecule has 0 radical (unpaired) electrons. The van der Waals surface area contributed by atoms with E-state index in [1.54, 1.807) is 0 Å². The van der Waals surface area contributed by atoms with Gasteiger partial charge in [0.1, 0.15) is 5.60 Å². The van der Waals surface area contributed by atoms with E-state index in [2.05, 4.69) is 5.16 Å². The summed E-state index contributed by atoms with van der Waals surface area (Å²) in [5.41, 5.74) is 5.55. The molecule has 5 nitrogen and oxygen atoms in total. The van der Waals surface area contributed by atoms with Crippen LogP contribution in [0.3, 0.4) is 0 Å². The fraction of sp³-hybridized carbons (Fsp3) is 0.867. The van der Waals surface area contributed by atoms with E-state index in [0.29, 0.717) is 25.0 Å². The van der Waals surface area contributed by atoms with Gasteiger partial charge in [-0.25, -0.2) is 0 Å². The normalized spacial score (nSPS) is 29.1. The lowest BCUT2D eigenvalue weighted by atomic mass is 9.96. The zero-order valence-electron chi connectivity index (χ0n) is 12.3. The number of ether oxygens (including phenoxy) is 1. The fourth-order valence-electron chi connectivity index (χ4n) is 3.87. The standard InChI is InChI=1S/C15H25N3O2/c1-2-19-15(8-3-4-9-15)14-17-13(20-18-14)12-7-5-6-11(12)10-16/h11-12H,2-10,16H2,1H3. The summed E-state index contributed by atoms with van der Waals surface area (Å²) in [6.45, 7) is 3.43. The van der Waals surface area contributed by atoms with Gasteiger partial charge < -0.3 is 15.0 Å². The molecule has 1 aromatic heterocycles. The fourth-order valence-corrected chi connectivity index (χ4v) is 3.87. The minimum absolute atomic E-state index is 0.298. The third kappa shape index (κ3) is 2.37. The Kier molecular flexibility index (Phi) is 4.08. The lowest BCUT2D eigenvalue weighted by molar-refractivity contribution is -0.0469.